The summed E-state index contributed by atoms with van der Waals surface area (Å²) in [5.41, 5.74) is 6.47. The molecule has 0 aliphatic rings. The highest BCUT2D eigenvalue weighted by atomic mass is 16.3. The third kappa shape index (κ3) is 10.6. The van der Waals surface area contributed by atoms with E-state index in [-0.39, 0.29) is 28.7 Å². The van der Waals surface area contributed by atoms with Crippen LogP contribution in [-0.4, -0.2) is 25.5 Å². The Kier molecular flexibility index (Phi) is 14.7. The van der Waals surface area contributed by atoms with Crippen molar-refractivity contribution in [2.75, 3.05) is 0 Å². The highest BCUT2D eigenvalue weighted by molar-refractivity contribution is 5.74. The minimum absolute atomic E-state index is 0.103. The van der Waals surface area contributed by atoms with Crippen molar-refractivity contribution in [3.63, 3.8) is 0 Å². The summed E-state index contributed by atoms with van der Waals surface area (Å²) in [6.07, 6.45) is 0. The second-order valence-electron chi connectivity index (χ2n) is 29.9. The standard InChI is InChI=1S/C67H96O5/c1-37-28-42(59(4,5)6)56(70)49(30-37)67(50-31-38(2)29-43(57(50)71)60(7,8)9,51-39(3)32-44(61(10,11)12)58(72)53(51)66(25,26)27)52(40-33-45(62(13,14)15)54(68)46(34-40)63(16,17)18)41-35-47(64(19,20)21)55(69)48(36-41)65(22,23)24/h28-36,52,68-72H,1-27H3. The van der Waals surface area contributed by atoms with Crippen molar-refractivity contribution in [2.24, 2.45) is 0 Å². The Labute approximate surface area is 437 Å². The molecule has 0 aromatic heterocycles. The summed E-state index contributed by atoms with van der Waals surface area (Å²) in [5, 5.41) is 66.5. The molecule has 0 radical (unpaired) electrons. The molecule has 5 rings (SSSR count). The number of rotatable bonds is 6. The monoisotopic (exact) mass is 981 g/mol. The Bertz CT molecular complexity index is 2660. The van der Waals surface area contributed by atoms with E-state index in [1.807, 2.05) is 0 Å². The molecule has 5 N–H and O–H groups in total. The smallest absolute Gasteiger partial charge is 0.123 e. The number of aryl methyl sites for hydroxylation is 3. The summed E-state index contributed by atoms with van der Waals surface area (Å²) >= 11 is 0. The summed E-state index contributed by atoms with van der Waals surface area (Å²) in [6, 6.07) is 19.2. The predicted molar refractivity (Wildman–Crippen MR) is 306 cm³/mol. The van der Waals surface area contributed by atoms with Crippen LogP contribution < -0.4 is 0 Å². The quantitative estimate of drug-likeness (QED) is 0.109. The van der Waals surface area contributed by atoms with Crippen molar-refractivity contribution in [1.82, 2.24) is 0 Å². The molecule has 0 unspecified atom stereocenters. The zero-order valence-corrected chi connectivity index (χ0v) is 50.0. The van der Waals surface area contributed by atoms with E-state index in [0.29, 0.717) is 16.7 Å². The molecule has 5 heteroatoms. The molecular formula is C67H96O5. The second kappa shape index (κ2) is 18.2. The summed E-state index contributed by atoms with van der Waals surface area (Å²) in [6.45, 7) is 57.4. The van der Waals surface area contributed by atoms with Crippen molar-refractivity contribution < 1.29 is 25.5 Å². The normalized spacial score (nSPS) is 13.9. The van der Waals surface area contributed by atoms with Crippen molar-refractivity contribution >= 4 is 0 Å². The van der Waals surface area contributed by atoms with Crippen molar-refractivity contribution in [3.05, 3.63) is 144 Å². The molecule has 5 nitrogen and oxygen atoms in total. The number of benzene rings is 5. The molecule has 0 atom stereocenters. The lowest BCUT2D eigenvalue weighted by molar-refractivity contribution is 0.384. The fourth-order valence-corrected chi connectivity index (χ4v) is 11.4. The van der Waals surface area contributed by atoms with Crippen LogP contribution in [0.2, 0.25) is 0 Å². The summed E-state index contributed by atoms with van der Waals surface area (Å²) in [4.78, 5) is 0. The van der Waals surface area contributed by atoms with Gasteiger partial charge in [0.2, 0.25) is 0 Å². The van der Waals surface area contributed by atoms with Crippen molar-refractivity contribution in [2.45, 2.75) is 242 Å². The molecule has 5 aromatic rings. The molecule has 0 spiro atoms. The molecule has 394 valence electrons. The first-order chi connectivity index (χ1) is 32.1. The topological polar surface area (TPSA) is 101 Å². The van der Waals surface area contributed by atoms with Crippen LogP contribution in [0.15, 0.2) is 54.6 Å². The molecule has 0 saturated carbocycles. The van der Waals surface area contributed by atoms with E-state index < -0.39 is 54.7 Å². The maximum Gasteiger partial charge on any atom is 0.123 e. The second-order valence-corrected chi connectivity index (χ2v) is 29.9. The Morgan fingerprint density at radius 2 is 0.486 bits per heavy atom. The van der Waals surface area contributed by atoms with Gasteiger partial charge in [0.25, 0.3) is 0 Å². The van der Waals surface area contributed by atoms with Gasteiger partial charge in [-0.1, -0.05) is 232 Å². The van der Waals surface area contributed by atoms with E-state index in [9.17, 15) is 25.5 Å². The first-order valence-electron chi connectivity index (χ1n) is 26.4. The van der Waals surface area contributed by atoms with Crippen molar-refractivity contribution in [3.8, 4) is 28.7 Å². The molecule has 72 heavy (non-hydrogen) atoms. The third-order valence-electron chi connectivity index (χ3n) is 15.0. The number of hydrogen-bond donors (Lipinski definition) is 5. The maximum absolute atomic E-state index is 13.9. The Morgan fingerprint density at radius 1 is 0.264 bits per heavy atom. The molecule has 0 saturated heterocycles. The predicted octanol–water partition coefficient (Wildman–Crippen LogP) is 17.7. The van der Waals surface area contributed by atoms with Gasteiger partial charge in [0.1, 0.15) is 28.7 Å². The highest BCUT2D eigenvalue weighted by Crippen LogP contribution is 2.64. The lowest BCUT2D eigenvalue weighted by atomic mass is 9.53. The molecule has 5 aromatic carbocycles. The average molecular weight is 981 g/mol. The lowest BCUT2D eigenvalue weighted by Gasteiger charge is -2.49. The van der Waals surface area contributed by atoms with Gasteiger partial charge in [-0.15, -0.1) is 0 Å². The minimum Gasteiger partial charge on any atom is -0.507 e. The van der Waals surface area contributed by atoms with Gasteiger partial charge in [0.15, 0.2) is 0 Å². The van der Waals surface area contributed by atoms with Gasteiger partial charge >= 0.3 is 0 Å². The first kappa shape index (κ1) is 58.0. The number of hydrogen-bond acceptors (Lipinski definition) is 5. The van der Waals surface area contributed by atoms with Crippen LogP contribution in [0.3, 0.4) is 0 Å². The summed E-state index contributed by atoms with van der Waals surface area (Å²) < 4.78 is 0. The Hall–Kier alpha value is -4.90. The zero-order valence-electron chi connectivity index (χ0n) is 50.0. The van der Waals surface area contributed by atoms with Crippen LogP contribution in [0, 0.1) is 20.8 Å². The largest absolute Gasteiger partial charge is 0.507 e. The van der Waals surface area contributed by atoms with E-state index in [4.69, 9.17) is 0 Å². The molecule has 0 fully saturated rings. The fraction of sp³-hybridized carbons (Fsp3) is 0.552. The summed E-state index contributed by atoms with van der Waals surface area (Å²) in [5.74, 6) is 0.0283. The van der Waals surface area contributed by atoms with Gasteiger partial charge in [-0.05, 0) is 125 Å². The maximum atomic E-state index is 13.9. The lowest BCUT2D eigenvalue weighted by Crippen LogP contribution is -2.42. The highest BCUT2D eigenvalue weighted by Gasteiger charge is 2.54. The van der Waals surface area contributed by atoms with Gasteiger partial charge in [-0.2, -0.15) is 0 Å². The van der Waals surface area contributed by atoms with Gasteiger partial charge in [0, 0.05) is 22.6 Å². The third-order valence-corrected chi connectivity index (χ3v) is 15.0. The van der Waals surface area contributed by atoms with Crippen LogP contribution in [-0.2, 0) is 48.7 Å². The molecule has 0 heterocycles. The first-order valence-corrected chi connectivity index (χ1v) is 26.4. The van der Waals surface area contributed by atoms with E-state index >= 15 is 0 Å². The van der Waals surface area contributed by atoms with Crippen LogP contribution in [0.5, 0.6) is 28.7 Å². The summed E-state index contributed by atoms with van der Waals surface area (Å²) in [7, 11) is 0. The van der Waals surface area contributed by atoms with Crippen LogP contribution >= 0.6 is 0 Å². The Morgan fingerprint density at radius 3 is 0.736 bits per heavy atom. The minimum atomic E-state index is -1.59. The van der Waals surface area contributed by atoms with Gasteiger partial charge < -0.3 is 25.5 Å². The average Bonchev–Trinajstić information content (AvgIpc) is 3.16. The molecule has 0 aliphatic carbocycles. The molecule has 0 bridgehead atoms. The Balaban J connectivity index is 2.54. The van der Waals surface area contributed by atoms with Gasteiger partial charge in [0.05, 0.1) is 5.41 Å². The molecule has 0 aliphatic heterocycles. The number of phenolic OH excluding ortho intramolecular Hbond substituents is 5. The van der Waals surface area contributed by atoms with Crippen LogP contribution in [0.1, 0.15) is 261 Å². The zero-order chi connectivity index (χ0) is 55.6. The van der Waals surface area contributed by atoms with Gasteiger partial charge in [-0.3, -0.25) is 0 Å². The SMILES string of the molecule is Cc1cc(C(C)(C)C)c(O)c(C(c2cc(C)cc(C(C)(C)C)c2O)(c2c(C)cc(C(C)(C)C)c(O)c2C(C)(C)C)C(c2cc(C(C)(C)C)c(O)c(C(C)(C)C)c2)c2cc(C(C)(C)C)c(O)c(C(C)(C)C)c2)c1. The van der Waals surface area contributed by atoms with Crippen LogP contribution in [0.25, 0.3) is 0 Å². The number of phenols is 5. The fourth-order valence-electron chi connectivity index (χ4n) is 11.4. The molecular weight excluding hydrogens is 885 g/mol. The van der Waals surface area contributed by atoms with Crippen molar-refractivity contribution in [1.29, 1.82) is 0 Å². The van der Waals surface area contributed by atoms with E-state index in [1.54, 1.807) is 0 Å². The van der Waals surface area contributed by atoms with E-state index in [2.05, 4.69) is 242 Å². The van der Waals surface area contributed by atoms with E-state index in [0.717, 1.165) is 72.3 Å². The van der Waals surface area contributed by atoms with E-state index in [1.165, 1.54) is 0 Å². The van der Waals surface area contributed by atoms with Crippen LogP contribution in [0.4, 0.5) is 0 Å². The number of aromatic hydroxyl groups is 5. The van der Waals surface area contributed by atoms with Gasteiger partial charge in [-0.25, -0.2) is 0 Å². The molecule has 0 amide bonds.